The van der Waals surface area contributed by atoms with Crippen molar-refractivity contribution in [3.05, 3.63) is 0 Å². The Balaban J connectivity index is 2.58. The Morgan fingerprint density at radius 2 is 2.27 bits per heavy atom. The maximum atomic E-state index is 9.31. The summed E-state index contributed by atoms with van der Waals surface area (Å²) < 4.78 is 10.4. The van der Waals surface area contributed by atoms with Crippen molar-refractivity contribution in [3.8, 4) is 6.07 Å². The molecular weight excluding hydrogens is 192 g/mol. The SMILES string of the molecule is COCCNC1(C#N)CCCCC1OC. The fraction of sp³-hybridized carbons (Fsp3) is 0.909. The van der Waals surface area contributed by atoms with Gasteiger partial charge in [0.25, 0.3) is 0 Å². The van der Waals surface area contributed by atoms with E-state index in [1.165, 1.54) is 0 Å². The van der Waals surface area contributed by atoms with Crippen LogP contribution < -0.4 is 5.32 Å². The molecule has 15 heavy (non-hydrogen) atoms. The van der Waals surface area contributed by atoms with Gasteiger partial charge in [-0.3, -0.25) is 5.32 Å². The molecular formula is C11H20N2O2. The fourth-order valence-electron chi connectivity index (χ4n) is 2.21. The van der Waals surface area contributed by atoms with Crippen LogP contribution in [0.1, 0.15) is 25.7 Å². The first-order chi connectivity index (χ1) is 7.29. The van der Waals surface area contributed by atoms with Gasteiger partial charge in [-0.05, 0) is 12.8 Å². The zero-order chi connectivity index (χ0) is 11.1. The number of ether oxygens (including phenoxy) is 2. The highest BCUT2D eigenvalue weighted by Gasteiger charge is 2.40. The van der Waals surface area contributed by atoms with Gasteiger partial charge in [0.15, 0.2) is 0 Å². The van der Waals surface area contributed by atoms with E-state index < -0.39 is 5.54 Å². The summed E-state index contributed by atoms with van der Waals surface area (Å²) in [5, 5.41) is 12.6. The second-order valence-electron chi connectivity index (χ2n) is 3.97. The summed E-state index contributed by atoms with van der Waals surface area (Å²) >= 11 is 0. The van der Waals surface area contributed by atoms with Gasteiger partial charge in [-0.1, -0.05) is 12.8 Å². The molecule has 1 N–H and O–H groups in total. The number of nitrogens with zero attached hydrogens (tertiary/aromatic N) is 1. The molecule has 0 spiro atoms. The van der Waals surface area contributed by atoms with Crippen LogP contribution in [0.25, 0.3) is 0 Å². The van der Waals surface area contributed by atoms with Gasteiger partial charge in [-0.2, -0.15) is 5.26 Å². The topological polar surface area (TPSA) is 54.3 Å². The summed E-state index contributed by atoms with van der Waals surface area (Å²) in [5.74, 6) is 0. The van der Waals surface area contributed by atoms with E-state index in [1.807, 2.05) is 0 Å². The molecule has 1 aliphatic rings. The van der Waals surface area contributed by atoms with Crippen LogP contribution in [0.2, 0.25) is 0 Å². The minimum atomic E-state index is -0.508. The number of nitriles is 1. The second-order valence-corrected chi connectivity index (χ2v) is 3.97. The van der Waals surface area contributed by atoms with Crippen molar-refractivity contribution in [2.45, 2.75) is 37.3 Å². The quantitative estimate of drug-likeness (QED) is 0.693. The zero-order valence-corrected chi connectivity index (χ0v) is 9.58. The lowest BCUT2D eigenvalue weighted by molar-refractivity contribution is 0.0106. The average molecular weight is 212 g/mol. The van der Waals surface area contributed by atoms with Crippen molar-refractivity contribution < 1.29 is 9.47 Å². The highest BCUT2D eigenvalue weighted by molar-refractivity contribution is 5.13. The van der Waals surface area contributed by atoms with E-state index in [1.54, 1.807) is 14.2 Å². The molecule has 2 atom stereocenters. The highest BCUT2D eigenvalue weighted by atomic mass is 16.5. The first-order valence-corrected chi connectivity index (χ1v) is 5.47. The number of hydrogen-bond donors (Lipinski definition) is 1. The summed E-state index contributed by atoms with van der Waals surface area (Å²) in [5.41, 5.74) is -0.508. The van der Waals surface area contributed by atoms with Gasteiger partial charge in [0.05, 0.1) is 18.8 Å². The Kier molecular flexibility index (Phi) is 5.03. The second kappa shape index (κ2) is 6.06. The lowest BCUT2D eigenvalue weighted by Gasteiger charge is -2.38. The van der Waals surface area contributed by atoms with Crippen molar-refractivity contribution in [1.82, 2.24) is 5.32 Å². The minimum absolute atomic E-state index is 0.00751. The lowest BCUT2D eigenvalue weighted by atomic mass is 9.80. The van der Waals surface area contributed by atoms with Gasteiger partial charge >= 0.3 is 0 Å². The van der Waals surface area contributed by atoms with Crippen LogP contribution >= 0.6 is 0 Å². The Morgan fingerprint density at radius 3 is 2.87 bits per heavy atom. The maximum absolute atomic E-state index is 9.31. The molecule has 86 valence electrons. The molecule has 1 aliphatic carbocycles. The Hall–Kier alpha value is -0.630. The third-order valence-electron chi connectivity index (χ3n) is 3.07. The van der Waals surface area contributed by atoms with Crippen molar-refractivity contribution in [3.63, 3.8) is 0 Å². The molecule has 0 aromatic carbocycles. The smallest absolute Gasteiger partial charge is 0.133 e. The summed E-state index contributed by atoms with van der Waals surface area (Å²) in [6.07, 6.45) is 4.07. The molecule has 0 amide bonds. The Morgan fingerprint density at radius 1 is 1.47 bits per heavy atom. The summed E-state index contributed by atoms with van der Waals surface area (Å²) in [6, 6.07) is 2.39. The van der Waals surface area contributed by atoms with Crippen molar-refractivity contribution >= 4 is 0 Å². The number of methoxy groups -OCH3 is 2. The van der Waals surface area contributed by atoms with E-state index in [0.29, 0.717) is 13.2 Å². The van der Waals surface area contributed by atoms with Crippen molar-refractivity contribution in [1.29, 1.82) is 5.26 Å². The molecule has 0 saturated heterocycles. The highest BCUT2D eigenvalue weighted by Crippen LogP contribution is 2.29. The summed E-state index contributed by atoms with van der Waals surface area (Å²) in [4.78, 5) is 0. The van der Waals surface area contributed by atoms with Crippen LogP contribution in [-0.4, -0.2) is 39.0 Å². The molecule has 0 heterocycles. The molecule has 1 rings (SSSR count). The first kappa shape index (κ1) is 12.4. The number of rotatable bonds is 5. The van der Waals surface area contributed by atoms with Gasteiger partial charge in [-0.25, -0.2) is 0 Å². The predicted molar refractivity (Wildman–Crippen MR) is 57.5 cm³/mol. The van der Waals surface area contributed by atoms with Crippen molar-refractivity contribution in [2.24, 2.45) is 0 Å². The van der Waals surface area contributed by atoms with Crippen LogP contribution in [0.5, 0.6) is 0 Å². The van der Waals surface area contributed by atoms with E-state index in [0.717, 1.165) is 25.7 Å². The standard InChI is InChI=1S/C11H20N2O2/c1-14-8-7-13-11(9-12)6-4-3-5-10(11)15-2/h10,13H,3-8H2,1-2H3. The largest absolute Gasteiger partial charge is 0.383 e. The average Bonchev–Trinajstić information content (AvgIpc) is 2.30. The van der Waals surface area contributed by atoms with Gasteiger partial charge in [0, 0.05) is 20.8 Å². The van der Waals surface area contributed by atoms with Crippen molar-refractivity contribution in [2.75, 3.05) is 27.4 Å². The maximum Gasteiger partial charge on any atom is 0.133 e. The van der Waals surface area contributed by atoms with E-state index >= 15 is 0 Å². The third-order valence-corrected chi connectivity index (χ3v) is 3.07. The van der Waals surface area contributed by atoms with Gasteiger partial charge in [-0.15, -0.1) is 0 Å². The molecule has 4 nitrogen and oxygen atoms in total. The summed E-state index contributed by atoms with van der Waals surface area (Å²) in [6.45, 7) is 1.32. The molecule has 1 fully saturated rings. The summed E-state index contributed by atoms with van der Waals surface area (Å²) in [7, 11) is 3.34. The zero-order valence-electron chi connectivity index (χ0n) is 9.58. The number of nitrogens with one attached hydrogen (secondary N) is 1. The fourth-order valence-corrected chi connectivity index (χ4v) is 2.21. The van der Waals surface area contributed by atoms with E-state index in [-0.39, 0.29) is 6.10 Å². The van der Waals surface area contributed by atoms with Crippen LogP contribution in [0.4, 0.5) is 0 Å². The molecule has 0 bridgehead atoms. The Labute approximate surface area is 91.6 Å². The van der Waals surface area contributed by atoms with Crippen LogP contribution in [0, 0.1) is 11.3 Å². The third kappa shape index (κ3) is 2.91. The van der Waals surface area contributed by atoms with Crippen LogP contribution in [0.3, 0.4) is 0 Å². The molecule has 0 aromatic heterocycles. The molecule has 2 unspecified atom stereocenters. The lowest BCUT2D eigenvalue weighted by Crippen LogP contribution is -2.56. The molecule has 1 saturated carbocycles. The van der Waals surface area contributed by atoms with Gasteiger partial charge in [0.1, 0.15) is 5.54 Å². The Bertz CT molecular complexity index is 227. The van der Waals surface area contributed by atoms with E-state index in [2.05, 4.69) is 11.4 Å². The molecule has 4 heteroatoms. The van der Waals surface area contributed by atoms with Gasteiger partial charge < -0.3 is 9.47 Å². The van der Waals surface area contributed by atoms with E-state index in [9.17, 15) is 5.26 Å². The predicted octanol–water partition coefficient (Wildman–Crippen LogP) is 1.07. The minimum Gasteiger partial charge on any atom is -0.383 e. The van der Waals surface area contributed by atoms with Crippen LogP contribution in [-0.2, 0) is 9.47 Å². The van der Waals surface area contributed by atoms with Crippen LogP contribution in [0.15, 0.2) is 0 Å². The first-order valence-electron chi connectivity index (χ1n) is 5.47. The van der Waals surface area contributed by atoms with Gasteiger partial charge in [0.2, 0.25) is 0 Å². The number of hydrogen-bond acceptors (Lipinski definition) is 4. The molecule has 0 aromatic rings. The monoisotopic (exact) mass is 212 g/mol. The molecule has 0 radical (unpaired) electrons. The normalized spacial score (nSPS) is 31.1. The molecule has 0 aliphatic heterocycles. The van der Waals surface area contributed by atoms with E-state index in [4.69, 9.17) is 9.47 Å².